The number of aryl methyl sites for hydroxylation is 1. The molecule has 1 unspecified atom stereocenters. The van der Waals surface area contributed by atoms with E-state index < -0.39 is 6.04 Å². The molecule has 1 aromatic carbocycles. The van der Waals surface area contributed by atoms with Gasteiger partial charge in [-0.25, -0.2) is 0 Å². The zero-order chi connectivity index (χ0) is 16.7. The van der Waals surface area contributed by atoms with Gasteiger partial charge in [0.1, 0.15) is 6.29 Å². The molecule has 0 saturated carbocycles. The largest absolute Gasteiger partial charge is 0.358 e. The summed E-state index contributed by atoms with van der Waals surface area (Å²) in [5, 5.41) is 3.47. The van der Waals surface area contributed by atoms with E-state index in [0.29, 0.717) is 0 Å². The molecule has 0 fully saturated rings. The Bertz CT molecular complexity index is 573. The van der Waals surface area contributed by atoms with E-state index in [1.54, 1.807) is 0 Å². The number of allylic oxidation sites excluding steroid dienone is 1. The molecule has 0 aromatic heterocycles. The van der Waals surface area contributed by atoms with E-state index in [1.165, 1.54) is 16.7 Å². The molecular weight excluding hydrogens is 272 g/mol. The zero-order valence-corrected chi connectivity index (χ0v) is 14.2. The van der Waals surface area contributed by atoms with Gasteiger partial charge in [0, 0.05) is 17.8 Å². The number of aldehydes is 1. The predicted molar refractivity (Wildman–Crippen MR) is 94.9 cm³/mol. The second kappa shape index (κ2) is 8.54. The fourth-order valence-electron chi connectivity index (χ4n) is 2.54. The van der Waals surface area contributed by atoms with E-state index >= 15 is 0 Å². The van der Waals surface area contributed by atoms with E-state index in [-0.39, 0.29) is 0 Å². The summed E-state index contributed by atoms with van der Waals surface area (Å²) in [7, 11) is 0. The second-order valence-corrected chi connectivity index (χ2v) is 5.46. The molecule has 0 bridgehead atoms. The number of carbonyl (C=O) groups excluding carboxylic acids is 1. The highest BCUT2D eigenvalue weighted by Crippen LogP contribution is 2.31. The number of nitrogens with one attached hydrogen (secondary N) is 1. The van der Waals surface area contributed by atoms with Gasteiger partial charge in [0.25, 0.3) is 0 Å². The Balaban J connectivity index is 0.00000116. The van der Waals surface area contributed by atoms with Crippen LogP contribution in [0.25, 0.3) is 0 Å². The lowest BCUT2D eigenvalue weighted by Crippen LogP contribution is -2.28. The third-order valence-electron chi connectivity index (χ3n) is 4.00. The van der Waals surface area contributed by atoms with E-state index in [4.69, 9.17) is 5.73 Å². The van der Waals surface area contributed by atoms with E-state index in [9.17, 15) is 4.79 Å². The molecule has 2 rings (SSSR count). The highest BCUT2D eigenvalue weighted by molar-refractivity contribution is 5.66. The van der Waals surface area contributed by atoms with Crippen LogP contribution in [-0.2, 0) is 4.79 Å². The first-order chi connectivity index (χ1) is 10.5. The summed E-state index contributed by atoms with van der Waals surface area (Å²) in [4.78, 5) is 11.0. The Morgan fingerprint density at radius 2 is 1.95 bits per heavy atom. The number of anilines is 1. The first-order valence-electron chi connectivity index (χ1n) is 7.95. The van der Waals surface area contributed by atoms with Crippen molar-refractivity contribution in [2.24, 2.45) is 5.73 Å². The topological polar surface area (TPSA) is 55.1 Å². The fraction of sp³-hybridized carbons (Fsp3) is 0.421. The van der Waals surface area contributed by atoms with Crippen LogP contribution in [0, 0.1) is 13.8 Å². The zero-order valence-electron chi connectivity index (χ0n) is 14.2. The molecule has 0 amide bonds. The summed E-state index contributed by atoms with van der Waals surface area (Å²) in [5.74, 6) is 0. The number of rotatable bonds is 4. The predicted octanol–water partition coefficient (Wildman–Crippen LogP) is 4.26. The van der Waals surface area contributed by atoms with Gasteiger partial charge in [0.2, 0.25) is 0 Å². The molecule has 120 valence electrons. The van der Waals surface area contributed by atoms with Gasteiger partial charge in [-0.15, -0.1) is 0 Å². The average molecular weight is 300 g/mol. The molecule has 0 spiro atoms. The summed E-state index contributed by atoms with van der Waals surface area (Å²) in [5.41, 5.74) is 12.7. The summed E-state index contributed by atoms with van der Waals surface area (Å²) in [6.07, 6.45) is 3.30. The first-order valence-corrected chi connectivity index (χ1v) is 7.95. The van der Waals surface area contributed by atoms with Gasteiger partial charge in [-0.05, 0) is 49.5 Å². The standard InChI is InChI=1S/C17H22N2O.C2H6/c1-11-7-8-14(15(18)10-20)17(9-11)19-16-6-4-5-12(2)13(16)3;1-2/h4-6,10,15,19H,1,7-9,18H2,2-3H3;1-2H3. The van der Waals surface area contributed by atoms with Crippen LogP contribution in [0.5, 0.6) is 0 Å². The summed E-state index contributed by atoms with van der Waals surface area (Å²) in [6, 6.07) is 5.65. The number of hydrogen-bond donors (Lipinski definition) is 2. The van der Waals surface area contributed by atoms with Gasteiger partial charge < -0.3 is 15.8 Å². The lowest BCUT2D eigenvalue weighted by molar-refractivity contribution is -0.108. The Labute approximate surface area is 134 Å². The minimum atomic E-state index is -0.518. The molecule has 0 heterocycles. The lowest BCUT2D eigenvalue weighted by atomic mass is 9.89. The van der Waals surface area contributed by atoms with Crippen LogP contribution in [0.15, 0.2) is 41.6 Å². The minimum Gasteiger partial charge on any atom is -0.358 e. The molecule has 1 aromatic rings. The molecule has 3 N–H and O–H groups in total. The van der Waals surface area contributed by atoms with Crippen molar-refractivity contribution in [2.75, 3.05) is 5.32 Å². The highest BCUT2D eigenvalue weighted by atomic mass is 16.1. The normalized spacial score (nSPS) is 15.8. The molecule has 22 heavy (non-hydrogen) atoms. The number of benzene rings is 1. The molecule has 0 aliphatic heterocycles. The van der Waals surface area contributed by atoms with E-state index in [0.717, 1.165) is 42.5 Å². The maximum absolute atomic E-state index is 11.0. The maximum atomic E-state index is 11.0. The monoisotopic (exact) mass is 300 g/mol. The number of nitrogens with two attached hydrogens (primary N) is 1. The van der Waals surface area contributed by atoms with Crippen molar-refractivity contribution in [3.05, 3.63) is 52.7 Å². The fourth-order valence-corrected chi connectivity index (χ4v) is 2.54. The molecule has 3 heteroatoms. The van der Waals surface area contributed by atoms with E-state index in [1.807, 2.05) is 19.9 Å². The third kappa shape index (κ3) is 4.31. The van der Waals surface area contributed by atoms with E-state index in [2.05, 4.69) is 37.9 Å². The van der Waals surface area contributed by atoms with Crippen molar-refractivity contribution in [3.8, 4) is 0 Å². The Hall–Kier alpha value is -1.87. The van der Waals surface area contributed by atoms with Crippen molar-refractivity contribution in [1.29, 1.82) is 0 Å². The summed E-state index contributed by atoms with van der Waals surface area (Å²) < 4.78 is 0. The Morgan fingerprint density at radius 3 is 2.59 bits per heavy atom. The maximum Gasteiger partial charge on any atom is 0.140 e. The van der Waals surface area contributed by atoms with Gasteiger partial charge in [0.05, 0.1) is 6.04 Å². The van der Waals surface area contributed by atoms with Gasteiger partial charge >= 0.3 is 0 Å². The molecule has 1 atom stereocenters. The summed E-state index contributed by atoms with van der Waals surface area (Å²) in [6.45, 7) is 12.2. The van der Waals surface area contributed by atoms with Crippen molar-refractivity contribution >= 4 is 12.0 Å². The van der Waals surface area contributed by atoms with Crippen molar-refractivity contribution < 1.29 is 4.79 Å². The first kappa shape index (κ1) is 18.2. The average Bonchev–Trinajstić information content (AvgIpc) is 2.53. The van der Waals surface area contributed by atoms with Crippen LogP contribution in [0.4, 0.5) is 5.69 Å². The lowest BCUT2D eigenvalue weighted by Gasteiger charge is -2.26. The van der Waals surface area contributed by atoms with Gasteiger partial charge in [0.15, 0.2) is 0 Å². The van der Waals surface area contributed by atoms with Crippen LogP contribution in [0.2, 0.25) is 0 Å². The number of hydrogen-bond acceptors (Lipinski definition) is 3. The molecular formula is C19H28N2O. The van der Waals surface area contributed by atoms with Gasteiger partial charge in [-0.3, -0.25) is 0 Å². The van der Waals surface area contributed by atoms with Crippen LogP contribution in [0.3, 0.4) is 0 Å². The molecule has 1 aliphatic rings. The van der Waals surface area contributed by atoms with Crippen LogP contribution in [-0.4, -0.2) is 12.3 Å². The summed E-state index contributed by atoms with van der Waals surface area (Å²) >= 11 is 0. The van der Waals surface area contributed by atoms with Crippen molar-refractivity contribution in [3.63, 3.8) is 0 Å². The van der Waals surface area contributed by atoms with Gasteiger partial charge in [-0.1, -0.05) is 38.1 Å². The third-order valence-corrected chi connectivity index (χ3v) is 4.00. The smallest absolute Gasteiger partial charge is 0.140 e. The quantitative estimate of drug-likeness (QED) is 0.645. The van der Waals surface area contributed by atoms with Crippen LogP contribution < -0.4 is 11.1 Å². The van der Waals surface area contributed by atoms with Crippen molar-refractivity contribution in [1.82, 2.24) is 0 Å². The van der Waals surface area contributed by atoms with Gasteiger partial charge in [-0.2, -0.15) is 0 Å². The molecule has 3 nitrogen and oxygen atoms in total. The SMILES string of the molecule is C=C1CCC(C(N)C=O)=C(Nc2cccc(C)c2C)C1.CC. The Kier molecular flexibility index (Phi) is 7.06. The molecule has 0 saturated heterocycles. The minimum absolute atomic E-state index is 0.518. The second-order valence-electron chi connectivity index (χ2n) is 5.46. The highest BCUT2D eigenvalue weighted by Gasteiger charge is 2.20. The van der Waals surface area contributed by atoms with Crippen LogP contribution >= 0.6 is 0 Å². The Morgan fingerprint density at radius 1 is 1.27 bits per heavy atom. The van der Waals surface area contributed by atoms with Crippen molar-refractivity contribution in [2.45, 2.75) is 53.0 Å². The number of carbonyl (C=O) groups is 1. The molecule has 0 radical (unpaired) electrons. The van der Waals surface area contributed by atoms with Crippen LogP contribution in [0.1, 0.15) is 44.2 Å². The molecule has 1 aliphatic carbocycles.